The number of nitrogens with one attached hydrogen (secondary N) is 2. The van der Waals surface area contributed by atoms with Gasteiger partial charge in [-0.25, -0.2) is 0 Å². The molecule has 1 aromatic heterocycles. The van der Waals surface area contributed by atoms with Gasteiger partial charge in [-0.05, 0) is 11.1 Å². The van der Waals surface area contributed by atoms with Crippen molar-refractivity contribution in [2.45, 2.75) is 26.4 Å². The van der Waals surface area contributed by atoms with E-state index in [9.17, 15) is 9.59 Å². The summed E-state index contributed by atoms with van der Waals surface area (Å²) in [6, 6.07) is 17.6. The second kappa shape index (κ2) is 8.99. The molecule has 0 bridgehead atoms. The van der Waals surface area contributed by atoms with E-state index >= 15 is 0 Å². The van der Waals surface area contributed by atoms with E-state index in [0.29, 0.717) is 30.8 Å². The number of H-pyrrole nitrogens is 1. The lowest BCUT2D eigenvalue weighted by Gasteiger charge is -2.17. The Morgan fingerprint density at radius 3 is 2.43 bits per heavy atom. The Bertz CT molecular complexity index is 933. The van der Waals surface area contributed by atoms with Crippen molar-refractivity contribution in [3.8, 4) is 11.3 Å². The highest BCUT2D eigenvalue weighted by molar-refractivity contribution is 5.99. The van der Waals surface area contributed by atoms with Crippen molar-refractivity contribution in [2.75, 3.05) is 7.05 Å². The van der Waals surface area contributed by atoms with Crippen LogP contribution >= 0.6 is 0 Å². The van der Waals surface area contributed by atoms with Gasteiger partial charge >= 0.3 is 0 Å². The zero-order valence-electron chi connectivity index (χ0n) is 16.1. The van der Waals surface area contributed by atoms with Crippen molar-refractivity contribution in [1.29, 1.82) is 0 Å². The van der Waals surface area contributed by atoms with Crippen molar-refractivity contribution in [2.24, 2.45) is 0 Å². The summed E-state index contributed by atoms with van der Waals surface area (Å²) < 4.78 is 0. The van der Waals surface area contributed by atoms with Gasteiger partial charge in [-0.1, -0.05) is 61.5 Å². The third kappa shape index (κ3) is 4.65. The molecule has 0 unspecified atom stereocenters. The van der Waals surface area contributed by atoms with Crippen LogP contribution in [0, 0.1) is 0 Å². The normalized spacial score (nSPS) is 10.5. The molecule has 0 saturated heterocycles. The van der Waals surface area contributed by atoms with Gasteiger partial charge < -0.3 is 10.2 Å². The van der Waals surface area contributed by atoms with Gasteiger partial charge in [0.2, 0.25) is 5.91 Å². The van der Waals surface area contributed by atoms with Gasteiger partial charge in [0, 0.05) is 32.1 Å². The number of hydrogen-bond donors (Lipinski definition) is 2. The van der Waals surface area contributed by atoms with E-state index in [-0.39, 0.29) is 11.8 Å². The lowest BCUT2D eigenvalue weighted by molar-refractivity contribution is -0.120. The Labute approximate surface area is 164 Å². The average Bonchev–Trinajstić information content (AvgIpc) is 3.22. The van der Waals surface area contributed by atoms with Crippen LogP contribution in [0.5, 0.6) is 0 Å². The molecule has 6 heteroatoms. The van der Waals surface area contributed by atoms with Gasteiger partial charge in [0.15, 0.2) is 0 Å². The van der Waals surface area contributed by atoms with Crippen LogP contribution in [0.1, 0.15) is 34.8 Å². The van der Waals surface area contributed by atoms with Crippen molar-refractivity contribution < 1.29 is 9.59 Å². The molecule has 2 amide bonds. The van der Waals surface area contributed by atoms with Crippen LogP contribution < -0.4 is 5.32 Å². The molecule has 144 valence electrons. The molecule has 28 heavy (non-hydrogen) atoms. The van der Waals surface area contributed by atoms with Crippen LogP contribution in [0.4, 0.5) is 0 Å². The first-order valence-corrected chi connectivity index (χ1v) is 9.27. The van der Waals surface area contributed by atoms with Gasteiger partial charge in [0.1, 0.15) is 0 Å². The van der Waals surface area contributed by atoms with E-state index in [1.54, 1.807) is 18.1 Å². The summed E-state index contributed by atoms with van der Waals surface area (Å²) in [6.45, 7) is 2.84. The van der Waals surface area contributed by atoms with Crippen LogP contribution in [-0.2, 0) is 17.9 Å². The molecule has 6 nitrogen and oxygen atoms in total. The molecular formula is C22H24N4O2. The summed E-state index contributed by atoms with van der Waals surface area (Å²) in [7, 11) is 1.78. The SMILES string of the molecule is CCC(=O)NCc1ccc(-c2[nH]ncc2C(=O)N(C)Cc2ccccc2)cc1. The van der Waals surface area contributed by atoms with Crippen molar-refractivity contribution in [1.82, 2.24) is 20.4 Å². The molecule has 3 rings (SSSR count). The lowest BCUT2D eigenvalue weighted by Crippen LogP contribution is -2.26. The van der Waals surface area contributed by atoms with Gasteiger partial charge in [0.25, 0.3) is 5.91 Å². The molecule has 1 heterocycles. The minimum Gasteiger partial charge on any atom is -0.352 e. The summed E-state index contributed by atoms with van der Waals surface area (Å²) in [6.07, 6.45) is 2.03. The molecule has 2 aromatic carbocycles. The van der Waals surface area contributed by atoms with Crippen molar-refractivity contribution >= 4 is 11.8 Å². The van der Waals surface area contributed by atoms with Gasteiger partial charge in [0.05, 0.1) is 17.5 Å². The number of benzene rings is 2. The monoisotopic (exact) mass is 376 g/mol. The first kappa shape index (κ1) is 19.4. The van der Waals surface area contributed by atoms with Crippen LogP contribution in [0.2, 0.25) is 0 Å². The topological polar surface area (TPSA) is 78.1 Å². The molecule has 0 atom stereocenters. The highest BCUT2D eigenvalue weighted by Gasteiger charge is 2.19. The minimum atomic E-state index is -0.0908. The molecule has 2 N–H and O–H groups in total. The zero-order valence-corrected chi connectivity index (χ0v) is 16.1. The number of nitrogens with zero attached hydrogens (tertiary/aromatic N) is 2. The fourth-order valence-electron chi connectivity index (χ4n) is 2.92. The Hall–Kier alpha value is -3.41. The number of carbonyl (C=O) groups excluding carboxylic acids is 2. The van der Waals surface area contributed by atoms with Gasteiger partial charge in [-0.3, -0.25) is 14.7 Å². The molecule has 0 aliphatic heterocycles. The highest BCUT2D eigenvalue weighted by atomic mass is 16.2. The number of carbonyl (C=O) groups is 2. The quantitative estimate of drug-likeness (QED) is 0.664. The van der Waals surface area contributed by atoms with E-state index in [0.717, 1.165) is 16.7 Å². The zero-order chi connectivity index (χ0) is 19.9. The van der Waals surface area contributed by atoms with E-state index in [4.69, 9.17) is 0 Å². The van der Waals surface area contributed by atoms with Crippen LogP contribution in [-0.4, -0.2) is 34.0 Å². The highest BCUT2D eigenvalue weighted by Crippen LogP contribution is 2.23. The number of hydrogen-bond acceptors (Lipinski definition) is 3. The maximum atomic E-state index is 12.9. The molecule has 0 aliphatic rings. The fourth-order valence-corrected chi connectivity index (χ4v) is 2.92. The van der Waals surface area contributed by atoms with Crippen LogP contribution in [0.25, 0.3) is 11.3 Å². The smallest absolute Gasteiger partial charge is 0.257 e. The fraction of sp³-hybridized carbons (Fsp3) is 0.227. The molecule has 3 aromatic rings. The maximum Gasteiger partial charge on any atom is 0.257 e. The number of aromatic amines is 1. The molecule has 0 aliphatic carbocycles. The molecular weight excluding hydrogens is 352 g/mol. The van der Waals surface area contributed by atoms with E-state index in [1.165, 1.54) is 0 Å². The molecule has 0 radical (unpaired) electrons. The first-order chi connectivity index (χ1) is 13.6. The Morgan fingerprint density at radius 1 is 1.04 bits per heavy atom. The van der Waals surface area contributed by atoms with E-state index in [1.807, 2.05) is 61.5 Å². The van der Waals surface area contributed by atoms with Crippen molar-refractivity contribution in [3.05, 3.63) is 77.5 Å². The van der Waals surface area contributed by atoms with Crippen molar-refractivity contribution in [3.63, 3.8) is 0 Å². The second-order valence-electron chi connectivity index (χ2n) is 6.63. The Kier molecular flexibility index (Phi) is 6.22. The maximum absolute atomic E-state index is 12.9. The van der Waals surface area contributed by atoms with Crippen LogP contribution in [0.3, 0.4) is 0 Å². The average molecular weight is 376 g/mol. The third-order valence-corrected chi connectivity index (χ3v) is 4.53. The summed E-state index contributed by atoms with van der Waals surface area (Å²) in [5.74, 6) is -0.0705. The third-order valence-electron chi connectivity index (χ3n) is 4.53. The predicted octanol–water partition coefficient (Wildman–Crippen LogP) is 3.38. The van der Waals surface area contributed by atoms with Gasteiger partial charge in [-0.2, -0.15) is 5.10 Å². The van der Waals surface area contributed by atoms with E-state index in [2.05, 4.69) is 15.5 Å². The molecule has 0 spiro atoms. The van der Waals surface area contributed by atoms with E-state index < -0.39 is 0 Å². The predicted molar refractivity (Wildman–Crippen MR) is 108 cm³/mol. The minimum absolute atomic E-state index is 0.0204. The first-order valence-electron chi connectivity index (χ1n) is 9.27. The molecule has 0 saturated carbocycles. The summed E-state index contributed by atoms with van der Waals surface area (Å²) in [4.78, 5) is 26.0. The largest absolute Gasteiger partial charge is 0.352 e. The summed E-state index contributed by atoms with van der Waals surface area (Å²) >= 11 is 0. The van der Waals surface area contributed by atoms with Crippen LogP contribution in [0.15, 0.2) is 60.8 Å². The Morgan fingerprint density at radius 2 is 1.75 bits per heavy atom. The number of rotatable bonds is 7. The number of aromatic nitrogens is 2. The second-order valence-corrected chi connectivity index (χ2v) is 6.63. The molecule has 0 fully saturated rings. The van der Waals surface area contributed by atoms with Gasteiger partial charge in [-0.15, -0.1) is 0 Å². The lowest BCUT2D eigenvalue weighted by atomic mass is 10.0. The standard InChI is InChI=1S/C22H24N4O2/c1-3-20(27)23-13-16-9-11-18(12-10-16)21-19(14-24-25-21)22(28)26(2)15-17-7-5-4-6-8-17/h4-12,14H,3,13,15H2,1-2H3,(H,23,27)(H,24,25). The summed E-state index contributed by atoms with van der Waals surface area (Å²) in [5.41, 5.74) is 4.17. The Balaban J connectivity index is 1.72. The summed E-state index contributed by atoms with van der Waals surface area (Å²) in [5, 5.41) is 9.86. The number of amides is 2.